The van der Waals surface area contributed by atoms with Crippen molar-refractivity contribution in [2.24, 2.45) is 0 Å². The number of hydrogen-bond acceptors (Lipinski definition) is 7. The van der Waals surface area contributed by atoms with Crippen LogP contribution in [0.2, 0.25) is 0 Å². The number of rotatable bonds is 5. The van der Waals surface area contributed by atoms with Crippen molar-refractivity contribution in [3.8, 4) is 11.6 Å². The van der Waals surface area contributed by atoms with Crippen LogP contribution in [-0.4, -0.2) is 48.7 Å². The number of ether oxygens (including phenoxy) is 1. The van der Waals surface area contributed by atoms with Crippen LogP contribution in [0.3, 0.4) is 0 Å². The van der Waals surface area contributed by atoms with Crippen LogP contribution in [0.5, 0.6) is 5.88 Å². The second-order valence-electron chi connectivity index (χ2n) is 7.49. The number of aromatic nitrogens is 4. The number of piperidine rings is 1. The Hall–Kier alpha value is -2.97. The van der Waals surface area contributed by atoms with Crippen LogP contribution >= 0.6 is 0 Å². The van der Waals surface area contributed by atoms with Crippen LogP contribution in [0.15, 0.2) is 48.9 Å². The smallest absolute Gasteiger partial charge is 0.215 e. The summed E-state index contributed by atoms with van der Waals surface area (Å²) in [6.07, 6.45) is 5.82. The SMILES string of the molecule is Cc1cccc(-n2nccn2)c1C(O)N1C[C@H](Oc2cc(N)ccn2)CC[C@H]1C. The first-order valence-electron chi connectivity index (χ1n) is 9.81. The van der Waals surface area contributed by atoms with Crippen LogP contribution < -0.4 is 10.5 Å². The summed E-state index contributed by atoms with van der Waals surface area (Å²) in [6.45, 7) is 4.70. The lowest BCUT2D eigenvalue weighted by Gasteiger charge is -2.41. The van der Waals surface area contributed by atoms with Gasteiger partial charge >= 0.3 is 0 Å². The summed E-state index contributed by atoms with van der Waals surface area (Å²) in [5, 5.41) is 19.9. The number of aliphatic hydroxyl groups is 1. The molecular weight excluding hydrogens is 368 g/mol. The molecule has 3 heterocycles. The Bertz CT molecular complexity index is 962. The van der Waals surface area contributed by atoms with E-state index >= 15 is 0 Å². The quantitative estimate of drug-likeness (QED) is 0.685. The molecule has 29 heavy (non-hydrogen) atoms. The maximum Gasteiger partial charge on any atom is 0.215 e. The number of anilines is 1. The standard InChI is InChI=1S/C21H26N6O2/c1-14-4-3-5-18(27-24-10-11-25-27)20(14)21(28)26-13-17(7-6-15(26)2)29-19-12-16(22)8-9-23-19/h3-5,8-12,15,17,21,28H,6-7,13H2,1-2H3,(H2,22,23)/t15-,17-,21?/m1/s1. The van der Waals surface area contributed by atoms with Gasteiger partial charge < -0.3 is 15.6 Å². The van der Waals surface area contributed by atoms with E-state index in [0.29, 0.717) is 18.1 Å². The fraction of sp³-hybridized carbons (Fsp3) is 0.381. The Morgan fingerprint density at radius 1 is 1.17 bits per heavy atom. The molecule has 8 nitrogen and oxygen atoms in total. The summed E-state index contributed by atoms with van der Waals surface area (Å²) in [5.74, 6) is 0.510. The van der Waals surface area contributed by atoms with Crippen molar-refractivity contribution in [2.75, 3.05) is 12.3 Å². The van der Waals surface area contributed by atoms with Crippen LogP contribution in [0.1, 0.15) is 37.1 Å². The van der Waals surface area contributed by atoms with Gasteiger partial charge in [-0.3, -0.25) is 4.90 Å². The average molecular weight is 394 g/mol. The van der Waals surface area contributed by atoms with Crippen molar-refractivity contribution in [3.05, 3.63) is 60.0 Å². The highest BCUT2D eigenvalue weighted by atomic mass is 16.5. The van der Waals surface area contributed by atoms with Crippen molar-refractivity contribution in [1.29, 1.82) is 0 Å². The van der Waals surface area contributed by atoms with E-state index in [0.717, 1.165) is 29.7 Å². The zero-order chi connectivity index (χ0) is 20.4. The number of hydrogen-bond donors (Lipinski definition) is 2. The monoisotopic (exact) mass is 394 g/mol. The normalized spacial score (nSPS) is 21.1. The van der Waals surface area contributed by atoms with Crippen molar-refractivity contribution >= 4 is 5.69 Å². The Morgan fingerprint density at radius 3 is 2.72 bits per heavy atom. The highest BCUT2D eigenvalue weighted by Gasteiger charge is 2.33. The van der Waals surface area contributed by atoms with Crippen molar-refractivity contribution in [2.45, 2.75) is 45.1 Å². The third-order valence-corrected chi connectivity index (χ3v) is 5.44. The molecule has 0 radical (unpaired) electrons. The summed E-state index contributed by atoms with van der Waals surface area (Å²) < 4.78 is 6.06. The molecule has 1 aromatic carbocycles. The first-order valence-corrected chi connectivity index (χ1v) is 9.81. The van der Waals surface area contributed by atoms with Gasteiger partial charge in [0, 0.05) is 36.1 Å². The Kier molecular flexibility index (Phi) is 5.46. The predicted octanol–water partition coefficient (Wildman–Crippen LogP) is 2.48. The minimum absolute atomic E-state index is 0.0783. The molecule has 0 aliphatic carbocycles. The third kappa shape index (κ3) is 4.08. The molecule has 0 spiro atoms. The van der Waals surface area contributed by atoms with Gasteiger partial charge in [0.25, 0.3) is 0 Å². The van der Waals surface area contributed by atoms with E-state index in [2.05, 4.69) is 27.0 Å². The van der Waals surface area contributed by atoms with E-state index < -0.39 is 6.23 Å². The molecule has 152 valence electrons. The molecule has 3 N–H and O–H groups in total. The van der Waals surface area contributed by atoms with E-state index in [-0.39, 0.29) is 12.1 Å². The lowest BCUT2D eigenvalue weighted by Crippen LogP contribution is -2.48. The fourth-order valence-corrected chi connectivity index (χ4v) is 3.88. The molecule has 0 saturated carbocycles. The van der Waals surface area contributed by atoms with Gasteiger partial charge in [-0.2, -0.15) is 15.0 Å². The zero-order valence-corrected chi connectivity index (χ0v) is 16.6. The average Bonchev–Trinajstić information content (AvgIpc) is 3.23. The highest BCUT2D eigenvalue weighted by Crippen LogP contribution is 2.33. The van der Waals surface area contributed by atoms with Gasteiger partial charge in [0.1, 0.15) is 12.3 Å². The molecule has 1 unspecified atom stereocenters. The maximum absolute atomic E-state index is 11.4. The van der Waals surface area contributed by atoms with Crippen LogP contribution in [0.25, 0.3) is 5.69 Å². The first kappa shape index (κ1) is 19.4. The van der Waals surface area contributed by atoms with Crippen LogP contribution in [0, 0.1) is 6.92 Å². The molecule has 8 heteroatoms. The molecular formula is C21H26N6O2. The molecule has 1 saturated heterocycles. The Balaban J connectivity index is 1.58. The largest absolute Gasteiger partial charge is 0.473 e. The number of likely N-dealkylation sites (tertiary alicyclic amines) is 1. The molecule has 4 rings (SSSR count). The maximum atomic E-state index is 11.4. The van der Waals surface area contributed by atoms with Crippen molar-refractivity contribution in [1.82, 2.24) is 24.9 Å². The fourth-order valence-electron chi connectivity index (χ4n) is 3.88. The van der Waals surface area contributed by atoms with E-state index in [1.54, 1.807) is 35.5 Å². The van der Waals surface area contributed by atoms with Gasteiger partial charge in [-0.05, 0) is 44.4 Å². The number of pyridine rings is 1. The lowest BCUT2D eigenvalue weighted by atomic mass is 9.97. The highest BCUT2D eigenvalue weighted by molar-refractivity contribution is 5.45. The molecule has 0 bridgehead atoms. The number of nitrogens with two attached hydrogens (primary N) is 1. The van der Waals surface area contributed by atoms with E-state index in [4.69, 9.17) is 10.5 Å². The van der Waals surface area contributed by atoms with Gasteiger partial charge in [0.2, 0.25) is 5.88 Å². The van der Waals surface area contributed by atoms with Gasteiger partial charge in [-0.15, -0.1) is 0 Å². The van der Waals surface area contributed by atoms with Crippen LogP contribution in [-0.2, 0) is 0 Å². The number of benzene rings is 1. The Morgan fingerprint density at radius 2 is 1.97 bits per heavy atom. The third-order valence-electron chi connectivity index (χ3n) is 5.44. The second kappa shape index (κ2) is 8.18. The van der Waals surface area contributed by atoms with Gasteiger partial charge in [-0.25, -0.2) is 4.98 Å². The molecule has 2 aromatic heterocycles. The molecule has 3 aromatic rings. The number of aryl methyl sites for hydroxylation is 1. The summed E-state index contributed by atoms with van der Waals surface area (Å²) in [7, 11) is 0. The van der Waals surface area contributed by atoms with Gasteiger partial charge in [0.05, 0.1) is 18.1 Å². The molecule has 1 fully saturated rings. The van der Waals surface area contributed by atoms with Gasteiger partial charge in [-0.1, -0.05) is 12.1 Å². The second-order valence-corrected chi connectivity index (χ2v) is 7.49. The number of nitrogens with zero attached hydrogens (tertiary/aromatic N) is 5. The molecule has 3 atom stereocenters. The van der Waals surface area contributed by atoms with Crippen molar-refractivity contribution < 1.29 is 9.84 Å². The van der Waals surface area contributed by atoms with Crippen molar-refractivity contribution in [3.63, 3.8) is 0 Å². The molecule has 1 aliphatic rings. The summed E-state index contributed by atoms with van der Waals surface area (Å²) in [5.41, 5.74) is 9.01. The molecule has 1 aliphatic heterocycles. The van der Waals surface area contributed by atoms with E-state index in [1.165, 1.54) is 0 Å². The number of nitrogen functional groups attached to an aromatic ring is 1. The van der Waals surface area contributed by atoms with E-state index in [1.807, 2.05) is 25.1 Å². The Labute approximate surface area is 169 Å². The topological polar surface area (TPSA) is 102 Å². The number of aliphatic hydroxyl groups excluding tert-OH is 1. The first-order chi connectivity index (χ1) is 14.0. The summed E-state index contributed by atoms with van der Waals surface area (Å²) >= 11 is 0. The lowest BCUT2D eigenvalue weighted by molar-refractivity contribution is -0.0673. The summed E-state index contributed by atoms with van der Waals surface area (Å²) in [6, 6.07) is 9.52. The predicted molar refractivity (Wildman–Crippen MR) is 110 cm³/mol. The van der Waals surface area contributed by atoms with E-state index in [9.17, 15) is 5.11 Å². The minimum Gasteiger partial charge on any atom is -0.473 e. The van der Waals surface area contributed by atoms with Crippen LogP contribution in [0.4, 0.5) is 5.69 Å². The molecule has 0 amide bonds. The van der Waals surface area contributed by atoms with Gasteiger partial charge in [0.15, 0.2) is 0 Å². The minimum atomic E-state index is -0.799. The summed E-state index contributed by atoms with van der Waals surface area (Å²) in [4.78, 5) is 7.85. The zero-order valence-electron chi connectivity index (χ0n) is 16.6.